The molecule has 4 atom stereocenters. The number of anilines is 1. The Morgan fingerprint density at radius 2 is 2.06 bits per heavy atom. The average Bonchev–Trinajstić information content (AvgIpc) is 3.40. The first-order chi connectivity index (χ1) is 14.6. The number of nitrogens with zero attached hydrogens (tertiary/aromatic N) is 4. The highest BCUT2D eigenvalue weighted by Gasteiger charge is 2.51. The Hall–Kier alpha value is -2.60. The van der Waals surface area contributed by atoms with Gasteiger partial charge in [-0.3, -0.25) is 14.5 Å². The lowest BCUT2D eigenvalue weighted by Crippen LogP contribution is -2.53. The van der Waals surface area contributed by atoms with Gasteiger partial charge in [0.15, 0.2) is 0 Å². The molecule has 1 aromatic carbocycles. The second-order valence-corrected chi connectivity index (χ2v) is 8.84. The van der Waals surface area contributed by atoms with Crippen LogP contribution in [0.1, 0.15) is 37.3 Å². The number of carbonyl (C=O) groups is 2. The number of carbonyl (C=O) groups excluding carboxylic acids is 2. The summed E-state index contributed by atoms with van der Waals surface area (Å²) in [6.45, 7) is 4.89. The van der Waals surface area contributed by atoms with Crippen LogP contribution in [0.15, 0.2) is 18.2 Å². The number of rotatable bonds is 4. The van der Waals surface area contributed by atoms with E-state index in [-0.39, 0.29) is 35.5 Å². The topological polar surface area (TPSA) is 67.7 Å². The summed E-state index contributed by atoms with van der Waals surface area (Å²) in [6.07, 6.45) is -2.43. The Balaban J connectivity index is 1.46. The van der Waals surface area contributed by atoms with Crippen LogP contribution in [0, 0.1) is 24.2 Å². The minimum atomic E-state index is -4.47. The Bertz CT molecular complexity index is 942. The quantitative estimate of drug-likeness (QED) is 0.731. The predicted octanol–water partition coefficient (Wildman–Crippen LogP) is 2.95. The fourth-order valence-electron chi connectivity index (χ4n) is 5.15. The van der Waals surface area contributed by atoms with Crippen molar-refractivity contribution in [2.45, 2.75) is 57.4 Å². The number of alkyl halides is 3. The van der Waals surface area contributed by atoms with E-state index >= 15 is 0 Å². The van der Waals surface area contributed by atoms with Crippen LogP contribution in [0.3, 0.4) is 0 Å². The number of fused-ring (bicyclic) bond motifs is 2. The molecule has 0 spiro atoms. The Morgan fingerprint density at radius 1 is 1.32 bits per heavy atom. The van der Waals surface area contributed by atoms with Gasteiger partial charge in [-0.15, -0.1) is 0 Å². The van der Waals surface area contributed by atoms with Crippen molar-refractivity contribution in [2.24, 2.45) is 5.92 Å². The fraction of sp³-hybridized carbons (Fsp3) is 0.591. The number of piperazine rings is 1. The van der Waals surface area contributed by atoms with Gasteiger partial charge < -0.3 is 9.80 Å². The molecular weight excluding hydrogens is 409 g/mol. The van der Waals surface area contributed by atoms with E-state index in [4.69, 9.17) is 0 Å². The van der Waals surface area contributed by atoms with Crippen LogP contribution in [0.2, 0.25) is 0 Å². The Morgan fingerprint density at radius 3 is 2.71 bits per heavy atom. The van der Waals surface area contributed by atoms with E-state index in [1.54, 1.807) is 24.8 Å². The molecule has 3 saturated heterocycles. The predicted molar refractivity (Wildman–Crippen MR) is 107 cm³/mol. The molecule has 3 fully saturated rings. The number of hydrogen-bond acceptors (Lipinski definition) is 4. The van der Waals surface area contributed by atoms with E-state index in [2.05, 4.69) is 6.07 Å². The van der Waals surface area contributed by atoms with Gasteiger partial charge in [0.2, 0.25) is 11.8 Å². The van der Waals surface area contributed by atoms with E-state index in [0.717, 1.165) is 18.6 Å². The normalized spacial score (nSPS) is 27.1. The molecule has 4 rings (SSSR count). The summed E-state index contributed by atoms with van der Waals surface area (Å²) >= 11 is 0. The van der Waals surface area contributed by atoms with Crippen LogP contribution in [0.4, 0.5) is 18.9 Å². The van der Waals surface area contributed by atoms with Gasteiger partial charge in [0.1, 0.15) is 6.04 Å². The van der Waals surface area contributed by atoms with Gasteiger partial charge in [-0.2, -0.15) is 18.4 Å². The van der Waals surface area contributed by atoms with Crippen LogP contribution in [0.5, 0.6) is 0 Å². The maximum atomic E-state index is 13.2. The summed E-state index contributed by atoms with van der Waals surface area (Å²) in [6, 6.07) is 4.88. The molecule has 2 amide bonds. The molecule has 0 unspecified atom stereocenters. The van der Waals surface area contributed by atoms with Crippen molar-refractivity contribution in [3.05, 3.63) is 29.3 Å². The van der Waals surface area contributed by atoms with Gasteiger partial charge in [-0.1, -0.05) is 6.92 Å². The maximum absolute atomic E-state index is 13.2. The molecule has 6 nitrogen and oxygen atoms in total. The van der Waals surface area contributed by atoms with E-state index in [9.17, 15) is 28.0 Å². The lowest BCUT2D eigenvalue weighted by molar-refractivity contribution is -0.137. The Kier molecular flexibility index (Phi) is 5.46. The number of benzene rings is 1. The summed E-state index contributed by atoms with van der Waals surface area (Å²) in [5, 5.41) is 9.22. The van der Waals surface area contributed by atoms with Crippen LogP contribution in [0.25, 0.3) is 0 Å². The van der Waals surface area contributed by atoms with Gasteiger partial charge in [0.25, 0.3) is 0 Å². The highest BCUT2D eigenvalue weighted by molar-refractivity contribution is 6.01. The van der Waals surface area contributed by atoms with Crippen molar-refractivity contribution in [3.8, 4) is 6.07 Å². The smallest absolute Gasteiger partial charge is 0.326 e. The van der Waals surface area contributed by atoms with Crippen LogP contribution >= 0.6 is 0 Å². The number of aryl methyl sites for hydroxylation is 1. The van der Waals surface area contributed by atoms with Gasteiger partial charge in [0.05, 0.1) is 23.7 Å². The molecule has 0 saturated carbocycles. The minimum absolute atomic E-state index is 0.0790. The van der Waals surface area contributed by atoms with Crippen molar-refractivity contribution < 1.29 is 22.8 Å². The van der Waals surface area contributed by atoms with Crippen molar-refractivity contribution in [3.63, 3.8) is 0 Å². The molecule has 3 heterocycles. The molecule has 9 heteroatoms. The molecule has 2 bridgehead atoms. The summed E-state index contributed by atoms with van der Waals surface area (Å²) in [5.41, 5.74) is -0.0246. The third kappa shape index (κ3) is 3.89. The number of amides is 2. The molecular formula is C22H25F3N4O2. The molecule has 1 aromatic rings. The van der Waals surface area contributed by atoms with E-state index < -0.39 is 17.8 Å². The van der Waals surface area contributed by atoms with Crippen LogP contribution in [-0.2, 0) is 15.8 Å². The van der Waals surface area contributed by atoms with Crippen LogP contribution < -0.4 is 4.90 Å². The largest absolute Gasteiger partial charge is 0.416 e. The standard InChI is InChI=1S/C22H25F3N4O2/c1-13-6-15(22(23,24)25)8-17(7-13)29-18-9-19(21(29)31)27(12-18)11-14(2)20(30)28-5-3-4-16(28)10-26/h6-8,14,16,18-19H,3-5,9,11-12H2,1-2H3/t14-,16-,18-,19-/m0/s1. The van der Waals surface area contributed by atoms with E-state index in [1.807, 2.05) is 4.90 Å². The summed E-state index contributed by atoms with van der Waals surface area (Å²) < 4.78 is 39.6. The number of halogens is 3. The molecule has 166 valence electrons. The van der Waals surface area contributed by atoms with E-state index in [0.29, 0.717) is 38.0 Å². The molecule has 31 heavy (non-hydrogen) atoms. The van der Waals surface area contributed by atoms with Crippen LogP contribution in [-0.4, -0.2) is 59.4 Å². The monoisotopic (exact) mass is 434 g/mol. The minimum Gasteiger partial charge on any atom is -0.326 e. The summed E-state index contributed by atoms with van der Waals surface area (Å²) in [4.78, 5) is 30.9. The second kappa shape index (κ2) is 7.83. The van der Waals surface area contributed by atoms with Crippen molar-refractivity contribution in [1.82, 2.24) is 9.80 Å². The maximum Gasteiger partial charge on any atom is 0.416 e. The van der Waals surface area contributed by atoms with E-state index in [1.165, 1.54) is 4.90 Å². The Labute approximate surface area is 179 Å². The lowest BCUT2D eigenvalue weighted by atomic mass is 10.1. The van der Waals surface area contributed by atoms with Gasteiger partial charge in [-0.25, -0.2) is 0 Å². The molecule has 0 aliphatic carbocycles. The molecule has 3 aliphatic rings. The zero-order valence-electron chi connectivity index (χ0n) is 17.5. The number of likely N-dealkylation sites (tertiary alicyclic amines) is 2. The summed E-state index contributed by atoms with van der Waals surface area (Å²) in [5.74, 6) is -0.652. The molecule has 3 aliphatic heterocycles. The number of nitriles is 1. The van der Waals surface area contributed by atoms with Crippen molar-refractivity contribution in [2.75, 3.05) is 24.5 Å². The number of hydrogen-bond donors (Lipinski definition) is 0. The molecule has 0 N–H and O–H groups in total. The lowest BCUT2D eigenvalue weighted by Gasteiger charge is -2.36. The second-order valence-electron chi connectivity index (χ2n) is 8.84. The fourth-order valence-corrected chi connectivity index (χ4v) is 5.15. The zero-order chi connectivity index (χ0) is 22.5. The molecule has 0 aromatic heterocycles. The summed E-state index contributed by atoms with van der Waals surface area (Å²) in [7, 11) is 0. The first-order valence-corrected chi connectivity index (χ1v) is 10.6. The average molecular weight is 434 g/mol. The van der Waals surface area contributed by atoms with Crippen molar-refractivity contribution in [1.29, 1.82) is 5.26 Å². The zero-order valence-corrected chi connectivity index (χ0v) is 17.5. The first kappa shape index (κ1) is 21.6. The SMILES string of the molecule is Cc1cc(N2C(=O)[C@@H]3C[C@H]2CN3C[C@H](C)C(=O)N2CCC[C@H]2C#N)cc(C(F)(F)F)c1. The van der Waals surface area contributed by atoms with Gasteiger partial charge in [0, 0.05) is 31.2 Å². The highest BCUT2D eigenvalue weighted by Crippen LogP contribution is 2.39. The highest BCUT2D eigenvalue weighted by atomic mass is 19.4. The molecule has 0 radical (unpaired) electrons. The van der Waals surface area contributed by atoms with Gasteiger partial charge >= 0.3 is 6.18 Å². The van der Waals surface area contributed by atoms with Crippen molar-refractivity contribution >= 4 is 17.5 Å². The van der Waals surface area contributed by atoms with Gasteiger partial charge in [-0.05, 0) is 49.9 Å². The third-order valence-electron chi connectivity index (χ3n) is 6.55. The third-order valence-corrected chi connectivity index (χ3v) is 6.55. The first-order valence-electron chi connectivity index (χ1n) is 10.6.